The Morgan fingerprint density at radius 1 is 0.946 bits per heavy atom. The lowest BCUT2D eigenvalue weighted by Crippen LogP contribution is -2.62. The number of amides is 1. The molecule has 2 unspecified atom stereocenters. The van der Waals surface area contributed by atoms with Crippen LogP contribution in [-0.2, 0) is 57.1 Å². The molecule has 0 radical (unpaired) electrons. The third-order valence-corrected chi connectivity index (χ3v) is 4.42. The van der Waals surface area contributed by atoms with Gasteiger partial charge in [0.1, 0.15) is 24.4 Å². The van der Waals surface area contributed by atoms with E-state index in [0.29, 0.717) is 0 Å². The van der Waals surface area contributed by atoms with Gasteiger partial charge in [0, 0.05) is 33.8 Å². The van der Waals surface area contributed by atoms with Crippen molar-refractivity contribution in [3.8, 4) is 0 Å². The van der Waals surface area contributed by atoms with Crippen molar-refractivity contribution in [1.29, 1.82) is 0 Å². The Bertz CT molecular complexity index is 920. The van der Waals surface area contributed by atoms with Crippen LogP contribution in [0.2, 0.25) is 0 Å². The SMILES string of the molecule is COC(=O)C1=CC(OC(C)=O)[C@@H](NC(=O)OC(C)(C)C)C([C@H](OC(C)=O)[C@@H](COC(C)=O)OC(C)=O)O1. The van der Waals surface area contributed by atoms with Crippen molar-refractivity contribution in [3.63, 3.8) is 0 Å². The average molecular weight is 532 g/mol. The molecule has 1 heterocycles. The number of nitrogens with one attached hydrogen (secondary N) is 1. The van der Waals surface area contributed by atoms with E-state index in [1.165, 1.54) is 0 Å². The van der Waals surface area contributed by atoms with Gasteiger partial charge in [-0.25, -0.2) is 9.59 Å². The number of rotatable bonds is 9. The van der Waals surface area contributed by atoms with Crippen molar-refractivity contribution in [3.05, 3.63) is 11.8 Å². The van der Waals surface area contributed by atoms with Crippen molar-refractivity contribution in [2.24, 2.45) is 0 Å². The minimum atomic E-state index is -1.59. The molecule has 0 saturated heterocycles. The molecule has 0 bridgehead atoms. The molecule has 0 saturated carbocycles. The average Bonchev–Trinajstić information content (AvgIpc) is 2.73. The number of hydrogen-bond donors (Lipinski definition) is 1. The van der Waals surface area contributed by atoms with Crippen LogP contribution in [0.15, 0.2) is 11.8 Å². The molecule has 14 heteroatoms. The van der Waals surface area contributed by atoms with Crippen molar-refractivity contribution in [1.82, 2.24) is 5.32 Å². The molecular formula is C23H33NO13. The molecule has 14 nitrogen and oxygen atoms in total. The molecule has 208 valence electrons. The fourth-order valence-electron chi connectivity index (χ4n) is 3.25. The highest BCUT2D eigenvalue weighted by atomic mass is 16.6. The maximum absolute atomic E-state index is 12.7. The molecule has 0 aromatic carbocycles. The number of carbonyl (C=O) groups excluding carboxylic acids is 6. The number of methoxy groups -OCH3 is 1. The van der Waals surface area contributed by atoms with E-state index in [2.05, 4.69) is 5.32 Å². The quantitative estimate of drug-likeness (QED) is 0.325. The Balaban J connectivity index is 3.67. The molecule has 0 aliphatic carbocycles. The zero-order valence-electron chi connectivity index (χ0n) is 22.0. The van der Waals surface area contributed by atoms with Crippen LogP contribution in [0.3, 0.4) is 0 Å². The van der Waals surface area contributed by atoms with Gasteiger partial charge in [0.15, 0.2) is 18.3 Å². The van der Waals surface area contributed by atoms with Gasteiger partial charge in [0.25, 0.3) is 0 Å². The lowest BCUT2D eigenvalue weighted by atomic mass is 9.93. The van der Waals surface area contributed by atoms with E-state index in [-0.39, 0.29) is 0 Å². The van der Waals surface area contributed by atoms with Crippen LogP contribution >= 0.6 is 0 Å². The summed E-state index contributed by atoms with van der Waals surface area (Å²) < 4.78 is 36.6. The summed E-state index contributed by atoms with van der Waals surface area (Å²) in [5.74, 6) is -4.66. The van der Waals surface area contributed by atoms with Crippen LogP contribution in [0.4, 0.5) is 4.79 Å². The first-order chi connectivity index (χ1) is 17.0. The fraction of sp³-hybridized carbons (Fsp3) is 0.652. The monoisotopic (exact) mass is 531 g/mol. The topological polar surface area (TPSA) is 179 Å². The van der Waals surface area contributed by atoms with E-state index in [1.54, 1.807) is 20.8 Å². The second-order valence-corrected chi connectivity index (χ2v) is 8.88. The molecule has 0 spiro atoms. The maximum atomic E-state index is 12.7. The largest absolute Gasteiger partial charge is 0.477 e. The normalized spacial score (nSPS) is 20.5. The molecule has 1 N–H and O–H groups in total. The van der Waals surface area contributed by atoms with Crippen molar-refractivity contribution >= 4 is 35.9 Å². The number of esters is 5. The van der Waals surface area contributed by atoms with E-state index in [9.17, 15) is 28.8 Å². The lowest BCUT2D eigenvalue weighted by molar-refractivity contribution is -0.191. The van der Waals surface area contributed by atoms with Gasteiger partial charge in [0.05, 0.1) is 7.11 Å². The minimum absolute atomic E-state index is 0.452. The lowest BCUT2D eigenvalue weighted by Gasteiger charge is -2.41. The van der Waals surface area contributed by atoms with E-state index >= 15 is 0 Å². The summed E-state index contributed by atoms with van der Waals surface area (Å²) in [5, 5.41) is 2.49. The Hall–Kier alpha value is -3.84. The molecule has 0 aromatic rings. The van der Waals surface area contributed by atoms with E-state index in [0.717, 1.165) is 40.9 Å². The Labute approximate surface area is 213 Å². The molecule has 1 rings (SSSR count). The molecule has 0 fully saturated rings. The Morgan fingerprint density at radius 2 is 1.54 bits per heavy atom. The summed E-state index contributed by atoms with van der Waals surface area (Å²) >= 11 is 0. The van der Waals surface area contributed by atoms with Crippen molar-refractivity contribution in [2.75, 3.05) is 13.7 Å². The first-order valence-corrected chi connectivity index (χ1v) is 11.1. The molecule has 1 amide bonds. The van der Waals surface area contributed by atoms with E-state index < -0.39 is 84.4 Å². The first kappa shape index (κ1) is 31.2. The Morgan fingerprint density at radius 3 is 2.00 bits per heavy atom. The summed E-state index contributed by atoms with van der Waals surface area (Å²) in [6.45, 7) is 8.54. The van der Waals surface area contributed by atoms with Crippen molar-refractivity contribution < 1.29 is 61.9 Å². The van der Waals surface area contributed by atoms with Crippen LogP contribution < -0.4 is 5.32 Å². The molecule has 1 aliphatic heterocycles. The van der Waals surface area contributed by atoms with Gasteiger partial charge >= 0.3 is 35.9 Å². The summed E-state index contributed by atoms with van der Waals surface area (Å²) in [4.78, 5) is 72.2. The van der Waals surface area contributed by atoms with Crippen molar-refractivity contribution in [2.45, 2.75) is 84.5 Å². The number of ether oxygens (including phenoxy) is 7. The van der Waals surface area contributed by atoms with Gasteiger partial charge in [-0.15, -0.1) is 0 Å². The molecule has 5 atom stereocenters. The number of carbonyl (C=O) groups is 6. The zero-order valence-corrected chi connectivity index (χ0v) is 22.0. The molecule has 37 heavy (non-hydrogen) atoms. The summed E-state index contributed by atoms with van der Waals surface area (Å²) in [7, 11) is 1.07. The van der Waals surface area contributed by atoms with Crippen LogP contribution in [0.5, 0.6) is 0 Å². The third-order valence-electron chi connectivity index (χ3n) is 4.42. The number of hydrogen-bond acceptors (Lipinski definition) is 13. The zero-order chi connectivity index (χ0) is 28.5. The second-order valence-electron chi connectivity index (χ2n) is 8.88. The standard InChI is InChI=1S/C23H33NO13/c1-11(25)32-10-17(34-13(3)27)19(35-14(4)28)20-18(24-22(30)37-23(5,6)7)15(33-12(2)26)9-16(36-20)21(29)31-8/h9,15,17-20H,10H2,1-8H3,(H,24,30)/t15?,17-,18-,19-,20?/m1/s1. The van der Waals surface area contributed by atoms with Crippen LogP contribution in [0.1, 0.15) is 48.5 Å². The van der Waals surface area contributed by atoms with E-state index in [1.807, 2.05) is 0 Å². The van der Waals surface area contributed by atoms with Gasteiger partial charge in [-0.05, 0) is 20.8 Å². The highest BCUT2D eigenvalue weighted by Gasteiger charge is 2.49. The van der Waals surface area contributed by atoms with Gasteiger partial charge in [-0.1, -0.05) is 0 Å². The van der Waals surface area contributed by atoms with Gasteiger partial charge < -0.3 is 38.5 Å². The fourth-order valence-corrected chi connectivity index (χ4v) is 3.25. The maximum Gasteiger partial charge on any atom is 0.408 e. The second kappa shape index (κ2) is 13.5. The smallest absolute Gasteiger partial charge is 0.408 e. The van der Waals surface area contributed by atoms with Gasteiger partial charge in [0.2, 0.25) is 5.76 Å². The highest BCUT2D eigenvalue weighted by molar-refractivity contribution is 5.86. The van der Waals surface area contributed by atoms with Gasteiger partial charge in [-0.2, -0.15) is 0 Å². The van der Waals surface area contributed by atoms with Gasteiger partial charge in [-0.3, -0.25) is 19.2 Å². The molecular weight excluding hydrogens is 498 g/mol. The predicted octanol–water partition coefficient (Wildman–Crippen LogP) is 0.694. The predicted molar refractivity (Wildman–Crippen MR) is 121 cm³/mol. The summed E-state index contributed by atoms with van der Waals surface area (Å²) in [5.41, 5.74) is -0.927. The minimum Gasteiger partial charge on any atom is -0.477 e. The molecule has 1 aliphatic rings. The van der Waals surface area contributed by atoms with E-state index in [4.69, 9.17) is 33.2 Å². The highest BCUT2D eigenvalue weighted by Crippen LogP contribution is 2.28. The third kappa shape index (κ3) is 10.8. The first-order valence-electron chi connectivity index (χ1n) is 11.1. The van der Waals surface area contributed by atoms with Crippen LogP contribution in [0.25, 0.3) is 0 Å². The number of alkyl carbamates (subject to hydrolysis) is 1. The summed E-state index contributed by atoms with van der Waals surface area (Å²) in [6, 6.07) is -1.35. The Kier molecular flexibility index (Phi) is 11.3. The van der Waals surface area contributed by atoms with Crippen LogP contribution in [-0.4, -0.2) is 85.7 Å². The summed E-state index contributed by atoms with van der Waals surface area (Å²) in [6.07, 6.45) is -5.84. The molecule has 0 aromatic heterocycles. The van der Waals surface area contributed by atoms with Crippen LogP contribution in [0, 0.1) is 0 Å².